The van der Waals surface area contributed by atoms with Gasteiger partial charge in [-0.15, -0.1) is 0 Å². The first-order valence-corrected chi connectivity index (χ1v) is 9.72. The molecule has 1 aromatic carbocycles. The minimum Gasteiger partial charge on any atom is -0.339 e. The van der Waals surface area contributed by atoms with Crippen LogP contribution < -0.4 is 16.0 Å². The molecular formula is C17H22Cl3N3O2S. The van der Waals surface area contributed by atoms with Gasteiger partial charge < -0.3 is 16.0 Å². The second-order valence-electron chi connectivity index (χ2n) is 5.73. The summed E-state index contributed by atoms with van der Waals surface area (Å²) in [5.74, 6) is -0.254. The molecule has 1 amide bonds. The fraction of sp³-hybridized carbons (Fsp3) is 0.471. The van der Waals surface area contributed by atoms with E-state index < -0.39 is 9.96 Å². The molecule has 0 unspecified atom stereocenters. The zero-order chi connectivity index (χ0) is 19.7. The van der Waals surface area contributed by atoms with Gasteiger partial charge in [0.05, 0.1) is 0 Å². The van der Waals surface area contributed by atoms with Crippen LogP contribution in [0.3, 0.4) is 0 Å². The van der Waals surface area contributed by atoms with Gasteiger partial charge >= 0.3 is 0 Å². The number of alkyl halides is 3. The highest BCUT2D eigenvalue weighted by atomic mass is 35.6. The lowest BCUT2D eigenvalue weighted by molar-refractivity contribution is -0.122. The molecule has 0 fully saturated rings. The number of unbranched alkanes of at least 4 members (excludes halogenated alkanes) is 2. The van der Waals surface area contributed by atoms with Gasteiger partial charge in [0.2, 0.25) is 9.70 Å². The highest BCUT2D eigenvalue weighted by Crippen LogP contribution is 2.29. The number of rotatable bonds is 8. The molecule has 26 heavy (non-hydrogen) atoms. The molecule has 0 aliphatic carbocycles. The Morgan fingerprint density at radius 3 is 2.23 bits per heavy atom. The lowest BCUT2D eigenvalue weighted by Gasteiger charge is -2.27. The number of anilines is 1. The summed E-state index contributed by atoms with van der Waals surface area (Å²) in [6.07, 6.45) is 2.09. The molecule has 1 rings (SSSR count). The Bertz CT molecular complexity index is 633. The number of carbonyl (C=O) groups is 2. The molecule has 0 bridgehead atoms. The number of hydrogen-bond acceptors (Lipinski definition) is 3. The molecular weight excluding hydrogens is 417 g/mol. The Kier molecular flexibility index (Phi) is 9.64. The summed E-state index contributed by atoms with van der Waals surface area (Å²) in [6.45, 7) is 3.54. The van der Waals surface area contributed by atoms with Crippen LogP contribution >= 0.6 is 47.0 Å². The van der Waals surface area contributed by atoms with Crippen LogP contribution in [-0.4, -0.2) is 26.8 Å². The van der Waals surface area contributed by atoms with Gasteiger partial charge in [0.25, 0.3) is 0 Å². The summed E-state index contributed by atoms with van der Waals surface area (Å²) < 4.78 is -1.79. The number of thiocarbonyl (C=S) groups is 1. The van der Waals surface area contributed by atoms with E-state index in [9.17, 15) is 9.59 Å². The van der Waals surface area contributed by atoms with E-state index in [-0.39, 0.29) is 16.8 Å². The molecule has 0 aliphatic heterocycles. The van der Waals surface area contributed by atoms with Crippen LogP contribution in [0.25, 0.3) is 0 Å². The number of hydrogen-bond donors (Lipinski definition) is 3. The van der Waals surface area contributed by atoms with Crippen LogP contribution in [0, 0.1) is 0 Å². The Balaban J connectivity index is 2.65. The molecule has 1 aromatic rings. The lowest BCUT2D eigenvalue weighted by atomic mass is 10.1. The van der Waals surface area contributed by atoms with E-state index in [2.05, 4.69) is 22.9 Å². The lowest BCUT2D eigenvalue weighted by Crippen LogP contribution is -2.56. The molecule has 0 aliphatic rings. The van der Waals surface area contributed by atoms with Crippen molar-refractivity contribution in [3.63, 3.8) is 0 Å². The molecule has 0 saturated carbocycles. The summed E-state index contributed by atoms with van der Waals surface area (Å²) in [5, 5.41) is 8.52. The fourth-order valence-corrected chi connectivity index (χ4v) is 2.62. The Morgan fingerprint density at radius 1 is 1.12 bits per heavy atom. The standard InChI is InChI=1S/C17H22Cl3N3O2S/c1-3-4-5-6-14(25)22-15(17(18,19)20)23-16(26)21-13-9-7-12(8-10-13)11(2)24/h7-10,15H,3-6H2,1-2H3,(H,22,25)(H2,21,23,26)/t15-/m0/s1. The molecule has 5 nitrogen and oxygen atoms in total. The summed E-state index contributed by atoms with van der Waals surface area (Å²) >= 11 is 23.0. The van der Waals surface area contributed by atoms with E-state index >= 15 is 0 Å². The minimum absolute atomic E-state index is 0.0284. The van der Waals surface area contributed by atoms with Crippen LogP contribution in [0.4, 0.5) is 5.69 Å². The average molecular weight is 439 g/mol. The third kappa shape index (κ3) is 8.54. The van der Waals surface area contributed by atoms with Crippen LogP contribution in [-0.2, 0) is 4.79 Å². The maximum absolute atomic E-state index is 12.0. The van der Waals surface area contributed by atoms with Gasteiger partial charge in [-0.3, -0.25) is 9.59 Å². The monoisotopic (exact) mass is 437 g/mol. The van der Waals surface area contributed by atoms with Crippen molar-refractivity contribution in [3.05, 3.63) is 29.8 Å². The van der Waals surface area contributed by atoms with Gasteiger partial charge in [0.1, 0.15) is 6.17 Å². The predicted octanol–water partition coefficient (Wildman–Crippen LogP) is 4.57. The Labute approximate surface area is 174 Å². The molecule has 3 N–H and O–H groups in total. The van der Waals surface area contributed by atoms with Crippen molar-refractivity contribution in [2.75, 3.05) is 5.32 Å². The maximum Gasteiger partial charge on any atom is 0.228 e. The van der Waals surface area contributed by atoms with Gasteiger partial charge in [-0.05, 0) is 49.8 Å². The van der Waals surface area contributed by atoms with E-state index in [1.54, 1.807) is 24.3 Å². The number of nitrogens with one attached hydrogen (secondary N) is 3. The van der Waals surface area contributed by atoms with E-state index in [1.807, 2.05) is 0 Å². The van der Waals surface area contributed by atoms with E-state index in [1.165, 1.54) is 6.92 Å². The molecule has 144 valence electrons. The highest BCUT2D eigenvalue weighted by Gasteiger charge is 2.34. The zero-order valence-corrected chi connectivity index (χ0v) is 17.7. The SMILES string of the molecule is CCCCCC(=O)N[C@@H](NC(=S)Nc1ccc(C(C)=O)cc1)C(Cl)(Cl)Cl. The third-order valence-corrected chi connectivity index (χ3v) is 4.34. The number of halogens is 3. The number of Topliss-reactive ketones (excluding diaryl/α,β-unsaturated/α-hetero) is 1. The highest BCUT2D eigenvalue weighted by molar-refractivity contribution is 7.80. The van der Waals surface area contributed by atoms with Crippen molar-refractivity contribution >= 4 is 69.5 Å². The first kappa shape index (κ1) is 23.0. The van der Waals surface area contributed by atoms with Crippen molar-refractivity contribution in [2.24, 2.45) is 0 Å². The number of carbonyl (C=O) groups excluding carboxylic acids is 2. The third-order valence-electron chi connectivity index (χ3n) is 3.46. The van der Waals surface area contributed by atoms with Crippen LogP contribution in [0.15, 0.2) is 24.3 Å². The quantitative estimate of drug-likeness (QED) is 0.182. The minimum atomic E-state index is -1.79. The van der Waals surface area contributed by atoms with Crippen molar-refractivity contribution in [1.29, 1.82) is 0 Å². The topological polar surface area (TPSA) is 70.2 Å². The van der Waals surface area contributed by atoms with E-state index in [0.717, 1.165) is 19.3 Å². The molecule has 0 spiro atoms. The second-order valence-corrected chi connectivity index (χ2v) is 8.51. The smallest absolute Gasteiger partial charge is 0.228 e. The molecule has 9 heteroatoms. The van der Waals surface area contributed by atoms with Crippen molar-refractivity contribution in [3.8, 4) is 0 Å². The molecule has 0 aromatic heterocycles. The average Bonchev–Trinajstić information content (AvgIpc) is 2.54. The van der Waals surface area contributed by atoms with E-state index in [0.29, 0.717) is 17.7 Å². The Hall–Kier alpha value is -1.08. The predicted molar refractivity (Wildman–Crippen MR) is 112 cm³/mol. The van der Waals surface area contributed by atoms with Gasteiger partial charge in [-0.25, -0.2) is 0 Å². The Morgan fingerprint density at radius 2 is 1.73 bits per heavy atom. The van der Waals surface area contributed by atoms with Crippen LogP contribution in [0.2, 0.25) is 0 Å². The first-order chi connectivity index (χ1) is 12.1. The summed E-state index contributed by atoms with van der Waals surface area (Å²) in [5.41, 5.74) is 1.25. The van der Waals surface area contributed by atoms with Gasteiger partial charge in [0, 0.05) is 17.7 Å². The van der Waals surface area contributed by atoms with Gasteiger partial charge in [0.15, 0.2) is 10.9 Å². The van der Waals surface area contributed by atoms with E-state index in [4.69, 9.17) is 47.0 Å². The number of amides is 1. The number of ketones is 1. The maximum atomic E-state index is 12.0. The van der Waals surface area contributed by atoms with Crippen molar-refractivity contribution < 1.29 is 9.59 Å². The van der Waals surface area contributed by atoms with Gasteiger partial charge in [-0.2, -0.15) is 0 Å². The molecule has 0 saturated heterocycles. The molecule has 0 heterocycles. The summed E-state index contributed by atoms with van der Waals surface area (Å²) in [4.78, 5) is 23.3. The zero-order valence-electron chi connectivity index (χ0n) is 14.6. The number of benzene rings is 1. The normalized spacial score (nSPS) is 12.2. The van der Waals surface area contributed by atoms with Gasteiger partial charge in [-0.1, -0.05) is 54.6 Å². The first-order valence-electron chi connectivity index (χ1n) is 8.18. The summed E-state index contributed by atoms with van der Waals surface area (Å²) in [6, 6.07) is 6.77. The molecule has 0 radical (unpaired) electrons. The van der Waals surface area contributed by atoms with Crippen molar-refractivity contribution in [2.45, 2.75) is 49.5 Å². The second kappa shape index (κ2) is 10.9. The van der Waals surface area contributed by atoms with Crippen LogP contribution in [0.1, 0.15) is 49.9 Å². The largest absolute Gasteiger partial charge is 0.339 e. The van der Waals surface area contributed by atoms with Crippen LogP contribution in [0.5, 0.6) is 0 Å². The fourth-order valence-electron chi connectivity index (χ4n) is 2.06. The van der Waals surface area contributed by atoms with Crippen molar-refractivity contribution in [1.82, 2.24) is 10.6 Å². The molecule has 1 atom stereocenters. The summed E-state index contributed by atoms with van der Waals surface area (Å²) in [7, 11) is 0.